The molecule has 152 valence electrons. The normalized spacial score (nSPS) is 12.4. The van der Waals surface area contributed by atoms with Crippen LogP contribution in [0.4, 0.5) is 5.69 Å². The predicted octanol–water partition coefficient (Wildman–Crippen LogP) is 3.09. The van der Waals surface area contributed by atoms with Crippen molar-refractivity contribution in [1.29, 1.82) is 0 Å². The van der Waals surface area contributed by atoms with Gasteiger partial charge in [-0.05, 0) is 30.7 Å². The van der Waals surface area contributed by atoms with Crippen molar-refractivity contribution in [1.82, 2.24) is 4.57 Å². The molecule has 3 rings (SSSR count). The number of nitro benzene ring substituents is 1. The fraction of sp³-hybridized carbons (Fsp3) is 0.263. The number of benzene rings is 2. The van der Waals surface area contributed by atoms with E-state index < -0.39 is 14.8 Å². The molecule has 1 amide bonds. The van der Waals surface area contributed by atoms with Crippen LogP contribution < -0.4 is 4.80 Å². The number of non-ortho nitro benzene ring substituents is 1. The Hall–Kier alpha value is -2.85. The summed E-state index contributed by atoms with van der Waals surface area (Å²) in [6, 6.07) is 10.8. The van der Waals surface area contributed by atoms with E-state index in [1.807, 2.05) is 11.5 Å². The highest BCUT2D eigenvalue weighted by Crippen LogP contribution is 2.23. The van der Waals surface area contributed by atoms with E-state index in [1.165, 1.54) is 35.6 Å². The van der Waals surface area contributed by atoms with Gasteiger partial charge in [-0.1, -0.05) is 30.4 Å². The molecule has 10 heteroatoms. The van der Waals surface area contributed by atoms with Crippen LogP contribution in [0, 0.1) is 10.1 Å². The minimum absolute atomic E-state index is 0.0120. The number of hydrogen-bond acceptors (Lipinski definition) is 6. The molecule has 0 N–H and O–H groups in total. The highest BCUT2D eigenvalue weighted by atomic mass is 32.2. The molecule has 0 aliphatic heterocycles. The van der Waals surface area contributed by atoms with Crippen LogP contribution in [0.3, 0.4) is 0 Å². The van der Waals surface area contributed by atoms with Gasteiger partial charge in [-0.2, -0.15) is 4.99 Å². The molecule has 0 spiro atoms. The fourth-order valence-corrected chi connectivity index (χ4v) is 4.90. The van der Waals surface area contributed by atoms with Gasteiger partial charge in [0, 0.05) is 18.7 Å². The summed E-state index contributed by atoms with van der Waals surface area (Å²) in [6.45, 7) is 4.05. The van der Waals surface area contributed by atoms with Crippen LogP contribution in [0.15, 0.2) is 52.4 Å². The first-order valence-corrected chi connectivity index (χ1v) is 11.4. The van der Waals surface area contributed by atoms with Gasteiger partial charge in [-0.3, -0.25) is 14.9 Å². The van der Waals surface area contributed by atoms with Crippen molar-refractivity contribution in [2.75, 3.05) is 5.75 Å². The number of sulfone groups is 1. The number of hydrogen-bond donors (Lipinski definition) is 0. The molecule has 1 aromatic heterocycles. The van der Waals surface area contributed by atoms with E-state index in [2.05, 4.69) is 4.99 Å². The largest absolute Gasteiger partial charge is 0.317 e. The van der Waals surface area contributed by atoms with E-state index in [0.29, 0.717) is 21.6 Å². The summed E-state index contributed by atoms with van der Waals surface area (Å²) in [7, 11) is -3.28. The maximum atomic E-state index is 12.4. The molecule has 3 aromatic rings. The minimum atomic E-state index is -3.28. The van der Waals surface area contributed by atoms with Gasteiger partial charge in [-0.25, -0.2) is 8.42 Å². The van der Waals surface area contributed by atoms with E-state index in [0.717, 1.165) is 5.52 Å². The molecule has 29 heavy (non-hydrogen) atoms. The zero-order valence-corrected chi connectivity index (χ0v) is 17.5. The van der Waals surface area contributed by atoms with Gasteiger partial charge >= 0.3 is 0 Å². The Morgan fingerprint density at radius 3 is 2.45 bits per heavy atom. The average molecular weight is 434 g/mol. The lowest BCUT2D eigenvalue weighted by atomic mass is 10.1. The van der Waals surface area contributed by atoms with Gasteiger partial charge < -0.3 is 4.57 Å². The van der Waals surface area contributed by atoms with Gasteiger partial charge in [0.05, 0.1) is 32.2 Å². The second kappa shape index (κ2) is 8.26. The Morgan fingerprint density at radius 2 is 1.86 bits per heavy atom. The van der Waals surface area contributed by atoms with E-state index in [4.69, 9.17) is 0 Å². The number of amides is 1. The molecular weight excluding hydrogens is 414 g/mol. The number of nitro groups is 1. The molecule has 8 nitrogen and oxygen atoms in total. The number of thiazole rings is 1. The molecule has 0 fully saturated rings. The summed E-state index contributed by atoms with van der Waals surface area (Å²) in [5.74, 6) is -0.360. The number of carbonyl (C=O) groups is 1. The van der Waals surface area contributed by atoms with Crippen LogP contribution in [0.5, 0.6) is 0 Å². The third-order valence-electron chi connectivity index (χ3n) is 4.43. The summed E-state index contributed by atoms with van der Waals surface area (Å²) >= 11 is 1.22. The van der Waals surface area contributed by atoms with Crippen molar-refractivity contribution >= 4 is 43.0 Å². The Balaban J connectivity index is 1.90. The lowest BCUT2D eigenvalue weighted by molar-refractivity contribution is -0.384. The predicted molar refractivity (Wildman–Crippen MR) is 111 cm³/mol. The standard InChI is InChI=1S/C19H19N3O5S2/c1-3-21-16-10-7-14(22(24)25)12-17(16)28-19(21)20-18(23)11-13-5-8-15(9-6-13)29(26,27)4-2/h5-10,12H,3-4,11H2,1-2H3. The van der Waals surface area contributed by atoms with E-state index in [-0.39, 0.29) is 28.7 Å². The number of aromatic nitrogens is 1. The quantitative estimate of drug-likeness (QED) is 0.438. The molecule has 0 saturated carbocycles. The van der Waals surface area contributed by atoms with Crippen LogP contribution in [0.1, 0.15) is 19.4 Å². The van der Waals surface area contributed by atoms with Crippen molar-refractivity contribution in [3.8, 4) is 0 Å². The SMILES string of the molecule is CCn1c(=NC(=O)Cc2ccc(S(=O)(=O)CC)cc2)sc2cc([N+](=O)[O-])ccc21. The van der Waals surface area contributed by atoms with Gasteiger partial charge in [0.25, 0.3) is 11.6 Å². The van der Waals surface area contributed by atoms with Crippen LogP contribution in [0.25, 0.3) is 10.2 Å². The van der Waals surface area contributed by atoms with E-state index in [1.54, 1.807) is 25.1 Å². The Kier molecular flexibility index (Phi) is 5.94. The first-order valence-electron chi connectivity index (χ1n) is 8.92. The number of rotatable bonds is 6. The van der Waals surface area contributed by atoms with Gasteiger partial charge in [0.15, 0.2) is 14.6 Å². The van der Waals surface area contributed by atoms with Crippen molar-refractivity contribution in [3.05, 3.63) is 62.9 Å². The zero-order valence-electron chi connectivity index (χ0n) is 15.9. The first-order chi connectivity index (χ1) is 13.7. The highest BCUT2D eigenvalue weighted by molar-refractivity contribution is 7.91. The Labute approximate surface area is 171 Å². The zero-order chi connectivity index (χ0) is 21.2. The van der Waals surface area contributed by atoms with Crippen LogP contribution in [-0.4, -0.2) is 29.6 Å². The second-order valence-electron chi connectivity index (χ2n) is 6.27. The van der Waals surface area contributed by atoms with E-state index >= 15 is 0 Å². The smallest absolute Gasteiger partial charge is 0.270 e. The number of fused-ring (bicyclic) bond motifs is 1. The van der Waals surface area contributed by atoms with Gasteiger partial charge in [0.2, 0.25) is 0 Å². The highest BCUT2D eigenvalue weighted by Gasteiger charge is 2.13. The van der Waals surface area contributed by atoms with Crippen LogP contribution >= 0.6 is 11.3 Å². The number of aryl methyl sites for hydroxylation is 1. The second-order valence-corrected chi connectivity index (χ2v) is 9.56. The molecule has 0 aliphatic carbocycles. The number of nitrogens with zero attached hydrogens (tertiary/aromatic N) is 3. The summed E-state index contributed by atoms with van der Waals surface area (Å²) in [5, 5.41) is 11.0. The van der Waals surface area contributed by atoms with E-state index in [9.17, 15) is 23.3 Å². The fourth-order valence-electron chi connectivity index (χ4n) is 2.87. The molecular formula is C19H19N3O5S2. The maximum Gasteiger partial charge on any atom is 0.270 e. The molecule has 0 bridgehead atoms. The molecule has 0 radical (unpaired) electrons. The molecule has 0 aliphatic rings. The molecule has 0 unspecified atom stereocenters. The minimum Gasteiger partial charge on any atom is -0.317 e. The first kappa shape index (κ1) is 20.9. The Morgan fingerprint density at radius 1 is 1.17 bits per heavy atom. The van der Waals surface area contributed by atoms with Gasteiger partial charge in [-0.15, -0.1) is 0 Å². The number of carbonyl (C=O) groups excluding carboxylic acids is 1. The topological polar surface area (TPSA) is 112 Å². The molecule has 1 heterocycles. The molecule has 0 atom stereocenters. The van der Waals surface area contributed by atoms with Crippen LogP contribution in [0.2, 0.25) is 0 Å². The van der Waals surface area contributed by atoms with Crippen molar-refractivity contribution in [3.63, 3.8) is 0 Å². The van der Waals surface area contributed by atoms with Crippen molar-refractivity contribution in [2.45, 2.75) is 31.7 Å². The average Bonchev–Trinajstić information content (AvgIpc) is 3.04. The molecule has 0 saturated heterocycles. The lowest BCUT2D eigenvalue weighted by Gasteiger charge is -2.03. The van der Waals surface area contributed by atoms with Gasteiger partial charge in [0.1, 0.15) is 0 Å². The summed E-state index contributed by atoms with van der Waals surface area (Å²) < 4.78 is 26.3. The van der Waals surface area contributed by atoms with Crippen LogP contribution in [-0.2, 0) is 27.6 Å². The third-order valence-corrected chi connectivity index (χ3v) is 7.22. The summed E-state index contributed by atoms with van der Waals surface area (Å²) in [4.78, 5) is 27.8. The molecule has 2 aromatic carbocycles. The lowest BCUT2D eigenvalue weighted by Crippen LogP contribution is -2.16. The maximum absolute atomic E-state index is 12.4. The van der Waals surface area contributed by atoms with Crippen molar-refractivity contribution < 1.29 is 18.1 Å². The Bertz CT molecular complexity index is 1260. The summed E-state index contributed by atoms with van der Waals surface area (Å²) in [5.41, 5.74) is 1.43. The third kappa shape index (κ3) is 4.43. The monoisotopic (exact) mass is 433 g/mol. The summed E-state index contributed by atoms with van der Waals surface area (Å²) in [6.07, 6.45) is 0.0323. The van der Waals surface area contributed by atoms with Crippen molar-refractivity contribution in [2.24, 2.45) is 4.99 Å².